The molecule has 1 heterocycles. The first-order valence-electron chi connectivity index (χ1n) is 8.87. The Hall–Kier alpha value is -2.24. The van der Waals surface area contributed by atoms with Gasteiger partial charge >= 0.3 is 0 Å². The summed E-state index contributed by atoms with van der Waals surface area (Å²) < 4.78 is 1.82. The molecule has 25 heavy (non-hydrogen) atoms. The van der Waals surface area contributed by atoms with E-state index in [1.165, 1.54) is 0 Å². The van der Waals surface area contributed by atoms with Gasteiger partial charge in [0, 0.05) is 18.4 Å². The molecule has 6 nitrogen and oxygen atoms in total. The number of rotatable bonds is 6. The van der Waals surface area contributed by atoms with E-state index in [0.717, 1.165) is 17.5 Å². The highest BCUT2D eigenvalue weighted by Gasteiger charge is 2.50. The molecule has 0 aliphatic heterocycles. The van der Waals surface area contributed by atoms with Crippen molar-refractivity contribution < 1.29 is 9.59 Å². The number of amides is 1. The van der Waals surface area contributed by atoms with Crippen molar-refractivity contribution in [2.45, 2.75) is 53.1 Å². The third-order valence-corrected chi connectivity index (χ3v) is 5.67. The quantitative estimate of drug-likeness (QED) is 0.875. The molecular weight excluding hydrogens is 316 g/mol. The van der Waals surface area contributed by atoms with E-state index in [9.17, 15) is 9.59 Å². The van der Waals surface area contributed by atoms with E-state index in [4.69, 9.17) is 0 Å². The fourth-order valence-corrected chi connectivity index (χ4v) is 3.97. The molecule has 3 rings (SSSR count). The molecule has 0 radical (unpaired) electrons. The Morgan fingerprint density at radius 2 is 2.08 bits per heavy atom. The molecule has 1 aromatic heterocycles. The minimum Gasteiger partial charge on any atom is -0.352 e. The van der Waals surface area contributed by atoms with Gasteiger partial charge in [-0.25, -0.2) is 4.68 Å². The molecule has 2 aromatic rings. The number of fused-ring (bicyclic) bond motifs is 1. The summed E-state index contributed by atoms with van der Waals surface area (Å²) in [5.74, 6) is 0.620. The number of para-hydroxylation sites is 1. The molecule has 1 aliphatic rings. The summed E-state index contributed by atoms with van der Waals surface area (Å²) in [6.45, 7) is 8.37. The van der Waals surface area contributed by atoms with Gasteiger partial charge in [-0.2, -0.15) is 0 Å². The average molecular weight is 342 g/mol. The molecule has 0 bridgehead atoms. The van der Waals surface area contributed by atoms with Gasteiger partial charge in [-0.1, -0.05) is 31.2 Å². The summed E-state index contributed by atoms with van der Waals surface area (Å²) in [5.41, 5.74) is 1.73. The van der Waals surface area contributed by atoms with Crippen LogP contribution in [0.1, 0.15) is 40.5 Å². The van der Waals surface area contributed by atoms with Crippen LogP contribution in [0.2, 0.25) is 0 Å². The predicted octanol–water partition coefficient (Wildman–Crippen LogP) is 2.58. The minimum atomic E-state index is -0.0888. The van der Waals surface area contributed by atoms with E-state index in [1.54, 1.807) is 6.92 Å². The molecule has 1 saturated carbocycles. The molecule has 6 heteroatoms. The van der Waals surface area contributed by atoms with Gasteiger partial charge in [0.25, 0.3) is 0 Å². The second-order valence-electron chi connectivity index (χ2n) is 7.85. The third-order valence-electron chi connectivity index (χ3n) is 5.67. The van der Waals surface area contributed by atoms with Gasteiger partial charge in [0.05, 0.1) is 12.1 Å². The summed E-state index contributed by atoms with van der Waals surface area (Å²) in [4.78, 5) is 24.0. The molecule has 134 valence electrons. The highest BCUT2D eigenvalue weighted by molar-refractivity contribution is 5.81. The Morgan fingerprint density at radius 3 is 2.76 bits per heavy atom. The van der Waals surface area contributed by atoms with E-state index < -0.39 is 0 Å². The fraction of sp³-hybridized carbons (Fsp3) is 0.579. The second kappa shape index (κ2) is 6.58. The zero-order chi connectivity index (χ0) is 18.2. The van der Waals surface area contributed by atoms with Crippen molar-refractivity contribution in [3.63, 3.8) is 0 Å². The summed E-state index contributed by atoms with van der Waals surface area (Å²) in [6, 6.07) is 7.75. The molecule has 1 aliphatic carbocycles. The van der Waals surface area contributed by atoms with Crippen LogP contribution in [-0.4, -0.2) is 32.7 Å². The van der Waals surface area contributed by atoms with Crippen molar-refractivity contribution in [2.75, 3.05) is 0 Å². The van der Waals surface area contributed by atoms with E-state index >= 15 is 0 Å². The van der Waals surface area contributed by atoms with E-state index in [0.29, 0.717) is 13.0 Å². The standard InChI is InChI=1S/C19H26N4O2/c1-12(11-23-17-8-6-5-7-16(17)21-22-23)20-18(25)10-14-9-15(13(2)24)19(14,3)4/h5-8,12,14-15H,9-11H2,1-4H3,(H,20,25)/t12-,14-,15+/m0/s1. The lowest BCUT2D eigenvalue weighted by atomic mass is 9.52. The zero-order valence-electron chi connectivity index (χ0n) is 15.3. The molecule has 1 fully saturated rings. The molecule has 1 amide bonds. The van der Waals surface area contributed by atoms with Crippen molar-refractivity contribution in [1.29, 1.82) is 0 Å². The van der Waals surface area contributed by atoms with E-state index in [-0.39, 0.29) is 35.0 Å². The fourth-order valence-electron chi connectivity index (χ4n) is 3.97. The van der Waals surface area contributed by atoms with Gasteiger partial charge in [0.2, 0.25) is 5.91 Å². The van der Waals surface area contributed by atoms with Gasteiger partial charge in [-0.05, 0) is 43.7 Å². The van der Waals surface area contributed by atoms with Crippen molar-refractivity contribution in [1.82, 2.24) is 20.3 Å². The predicted molar refractivity (Wildman–Crippen MR) is 95.8 cm³/mol. The maximum atomic E-state index is 12.4. The number of nitrogens with zero attached hydrogens (tertiary/aromatic N) is 3. The number of hydrogen-bond donors (Lipinski definition) is 1. The lowest BCUT2D eigenvalue weighted by Crippen LogP contribution is -2.50. The van der Waals surface area contributed by atoms with Gasteiger partial charge in [0.15, 0.2) is 0 Å². The first kappa shape index (κ1) is 17.6. The van der Waals surface area contributed by atoms with Crippen LogP contribution >= 0.6 is 0 Å². The van der Waals surface area contributed by atoms with Crippen molar-refractivity contribution in [3.05, 3.63) is 24.3 Å². The molecule has 1 aromatic carbocycles. The molecule has 0 saturated heterocycles. The molecule has 3 atom stereocenters. The maximum Gasteiger partial charge on any atom is 0.220 e. The van der Waals surface area contributed by atoms with Crippen LogP contribution in [-0.2, 0) is 16.1 Å². The Morgan fingerprint density at radius 1 is 1.36 bits per heavy atom. The number of benzene rings is 1. The first-order chi connectivity index (χ1) is 11.8. The number of ketones is 1. The molecule has 1 N–H and O–H groups in total. The summed E-state index contributed by atoms with van der Waals surface area (Å²) >= 11 is 0. The number of aromatic nitrogens is 3. The van der Waals surface area contributed by atoms with E-state index in [1.807, 2.05) is 35.9 Å². The minimum absolute atomic E-state index is 0.0376. The zero-order valence-corrected chi connectivity index (χ0v) is 15.3. The van der Waals surface area contributed by atoms with Crippen LogP contribution in [0.15, 0.2) is 24.3 Å². The highest BCUT2D eigenvalue weighted by atomic mass is 16.1. The van der Waals surface area contributed by atoms with Crippen LogP contribution in [0.25, 0.3) is 11.0 Å². The van der Waals surface area contributed by atoms with Crippen molar-refractivity contribution in [2.24, 2.45) is 17.3 Å². The number of carbonyl (C=O) groups excluding carboxylic acids is 2. The number of nitrogens with one attached hydrogen (secondary N) is 1. The van der Waals surface area contributed by atoms with Gasteiger partial charge in [-0.3, -0.25) is 9.59 Å². The number of Topliss-reactive ketones (excluding diaryl/α,β-unsaturated/α-hetero) is 1. The lowest BCUT2D eigenvalue weighted by Gasteiger charge is -2.51. The van der Waals surface area contributed by atoms with Crippen molar-refractivity contribution >= 4 is 22.7 Å². The monoisotopic (exact) mass is 342 g/mol. The Labute approximate surface area is 148 Å². The highest BCUT2D eigenvalue weighted by Crippen LogP contribution is 2.53. The van der Waals surface area contributed by atoms with Crippen LogP contribution in [0.3, 0.4) is 0 Å². The summed E-state index contributed by atoms with van der Waals surface area (Å²) in [6.07, 6.45) is 1.29. The van der Waals surface area contributed by atoms with Crippen molar-refractivity contribution in [3.8, 4) is 0 Å². The van der Waals surface area contributed by atoms with Crippen LogP contribution in [0, 0.1) is 17.3 Å². The topological polar surface area (TPSA) is 76.9 Å². The summed E-state index contributed by atoms with van der Waals surface area (Å²) in [7, 11) is 0. The third kappa shape index (κ3) is 3.43. The number of carbonyl (C=O) groups is 2. The van der Waals surface area contributed by atoms with Gasteiger partial charge in [-0.15, -0.1) is 5.10 Å². The van der Waals surface area contributed by atoms with Crippen LogP contribution in [0.5, 0.6) is 0 Å². The molecular formula is C19H26N4O2. The first-order valence-corrected chi connectivity index (χ1v) is 8.87. The molecule has 0 spiro atoms. The van der Waals surface area contributed by atoms with Gasteiger partial charge < -0.3 is 5.32 Å². The van der Waals surface area contributed by atoms with Gasteiger partial charge in [0.1, 0.15) is 11.3 Å². The van der Waals surface area contributed by atoms with Crippen LogP contribution in [0.4, 0.5) is 0 Å². The Balaban J connectivity index is 1.54. The smallest absolute Gasteiger partial charge is 0.220 e. The maximum absolute atomic E-state index is 12.4. The van der Waals surface area contributed by atoms with Crippen LogP contribution < -0.4 is 5.32 Å². The van der Waals surface area contributed by atoms with E-state index in [2.05, 4.69) is 29.5 Å². The second-order valence-corrected chi connectivity index (χ2v) is 7.85. The Kier molecular flexibility index (Phi) is 4.62. The Bertz CT molecular complexity index is 796. The molecule has 0 unspecified atom stereocenters. The lowest BCUT2D eigenvalue weighted by molar-refractivity contribution is -0.141. The SMILES string of the molecule is CC(=O)[C@H]1C[C@@H](CC(=O)N[C@@H](C)Cn2nnc3ccccc32)C1(C)C. The summed E-state index contributed by atoms with van der Waals surface area (Å²) in [5, 5.41) is 11.3. The normalized spacial score (nSPS) is 23.0. The average Bonchev–Trinajstić information content (AvgIpc) is 2.93. The largest absolute Gasteiger partial charge is 0.352 e. The number of hydrogen-bond acceptors (Lipinski definition) is 4.